The topological polar surface area (TPSA) is 41.1 Å². The van der Waals surface area contributed by atoms with Gasteiger partial charge in [-0.05, 0) is 17.7 Å². The monoisotopic (exact) mass is 308 g/mol. The zero-order chi connectivity index (χ0) is 14.5. The fourth-order valence-corrected chi connectivity index (χ4v) is 3.26. The van der Waals surface area contributed by atoms with E-state index in [0.717, 1.165) is 16.0 Å². The van der Waals surface area contributed by atoms with Crippen molar-refractivity contribution in [3.05, 3.63) is 29.8 Å². The molecule has 0 aliphatic heterocycles. The van der Waals surface area contributed by atoms with Crippen LogP contribution in [0, 0.1) is 0 Å². The third-order valence-corrected chi connectivity index (χ3v) is 4.77. The minimum Gasteiger partial charge on any atom is -0.353 e. The van der Waals surface area contributed by atoms with Gasteiger partial charge in [0.05, 0.1) is 0 Å². The van der Waals surface area contributed by atoms with Crippen LogP contribution in [0.25, 0.3) is 0 Å². The van der Waals surface area contributed by atoms with Crippen molar-refractivity contribution in [3.63, 3.8) is 0 Å². The fourth-order valence-electron chi connectivity index (χ4n) is 1.52. The van der Waals surface area contributed by atoms with E-state index in [1.54, 1.807) is 23.1 Å². The van der Waals surface area contributed by atoms with Crippen LogP contribution in [-0.4, -0.2) is 30.3 Å². The highest BCUT2D eigenvalue weighted by atomic mass is 32.2. The number of nitrogens with one attached hydrogen (secondary N) is 1. The Labute approximate surface area is 128 Å². The van der Waals surface area contributed by atoms with Crippen LogP contribution in [0.4, 0.5) is 5.13 Å². The van der Waals surface area contributed by atoms with Crippen molar-refractivity contribution in [1.29, 1.82) is 0 Å². The van der Waals surface area contributed by atoms with Gasteiger partial charge in [0.15, 0.2) is 4.34 Å². The van der Waals surface area contributed by atoms with Crippen molar-refractivity contribution in [1.82, 2.24) is 15.5 Å². The van der Waals surface area contributed by atoms with Crippen molar-refractivity contribution in [2.24, 2.45) is 0 Å². The van der Waals surface area contributed by atoms with E-state index in [1.165, 1.54) is 10.5 Å². The SMILES string of the molecule is CC(C)NCc1ccc(Sc2nnc(N(C)C)s2)cc1. The van der Waals surface area contributed by atoms with E-state index in [-0.39, 0.29) is 0 Å². The summed E-state index contributed by atoms with van der Waals surface area (Å²) in [5.41, 5.74) is 1.30. The molecule has 2 aromatic rings. The lowest BCUT2D eigenvalue weighted by molar-refractivity contribution is 0.588. The van der Waals surface area contributed by atoms with Crippen LogP contribution in [0.2, 0.25) is 0 Å². The number of hydrogen-bond donors (Lipinski definition) is 1. The largest absolute Gasteiger partial charge is 0.353 e. The van der Waals surface area contributed by atoms with Crippen LogP contribution in [0.3, 0.4) is 0 Å². The normalized spacial score (nSPS) is 11.1. The molecule has 0 atom stereocenters. The Morgan fingerprint density at radius 2 is 1.90 bits per heavy atom. The Morgan fingerprint density at radius 3 is 2.45 bits per heavy atom. The molecule has 0 saturated heterocycles. The zero-order valence-corrected chi connectivity index (χ0v) is 13.9. The van der Waals surface area contributed by atoms with Gasteiger partial charge in [-0.2, -0.15) is 0 Å². The molecule has 20 heavy (non-hydrogen) atoms. The number of nitrogens with zero attached hydrogens (tertiary/aromatic N) is 3. The van der Waals surface area contributed by atoms with Gasteiger partial charge in [-0.1, -0.05) is 49.1 Å². The predicted octanol–water partition coefficient (Wildman–Crippen LogP) is 3.25. The maximum absolute atomic E-state index is 4.19. The second-order valence-corrected chi connectivity index (χ2v) is 7.30. The van der Waals surface area contributed by atoms with Crippen LogP contribution < -0.4 is 10.2 Å². The predicted molar refractivity (Wildman–Crippen MR) is 86.8 cm³/mol. The third-order valence-electron chi connectivity index (χ3n) is 2.62. The molecule has 0 amide bonds. The highest BCUT2D eigenvalue weighted by molar-refractivity contribution is 8.01. The van der Waals surface area contributed by atoms with Crippen molar-refractivity contribution < 1.29 is 0 Å². The smallest absolute Gasteiger partial charge is 0.208 e. The average Bonchev–Trinajstić information content (AvgIpc) is 2.86. The summed E-state index contributed by atoms with van der Waals surface area (Å²) in [6.45, 7) is 5.22. The molecular weight excluding hydrogens is 288 g/mol. The number of hydrogen-bond acceptors (Lipinski definition) is 6. The number of benzene rings is 1. The first-order valence-corrected chi connectivity index (χ1v) is 8.19. The molecule has 0 aliphatic carbocycles. The van der Waals surface area contributed by atoms with Gasteiger partial charge in [0.25, 0.3) is 0 Å². The lowest BCUT2D eigenvalue weighted by Crippen LogP contribution is -2.21. The van der Waals surface area contributed by atoms with Gasteiger partial charge in [-0.25, -0.2) is 0 Å². The van der Waals surface area contributed by atoms with Gasteiger partial charge in [0, 0.05) is 31.6 Å². The third kappa shape index (κ3) is 4.47. The lowest BCUT2D eigenvalue weighted by Gasteiger charge is -2.08. The molecule has 0 bridgehead atoms. The lowest BCUT2D eigenvalue weighted by atomic mass is 10.2. The highest BCUT2D eigenvalue weighted by Crippen LogP contribution is 2.32. The molecule has 4 nitrogen and oxygen atoms in total. The quantitative estimate of drug-likeness (QED) is 0.887. The van der Waals surface area contributed by atoms with E-state index in [1.807, 2.05) is 19.0 Å². The van der Waals surface area contributed by atoms with Crippen LogP contribution in [0.15, 0.2) is 33.5 Å². The Balaban J connectivity index is 1.95. The van der Waals surface area contributed by atoms with Crippen molar-refractivity contribution in [2.75, 3.05) is 19.0 Å². The zero-order valence-electron chi connectivity index (χ0n) is 12.3. The van der Waals surface area contributed by atoms with Gasteiger partial charge in [0.1, 0.15) is 0 Å². The second kappa shape index (κ2) is 7.06. The second-order valence-electron chi connectivity index (χ2n) is 5.03. The van der Waals surface area contributed by atoms with E-state index in [4.69, 9.17) is 0 Å². The molecule has 0 unspecified atom stereocenters. The Morgan fingerprint density at radius 1 is 1.20 bits per heavy atom. The average molecular weight is 308 g/mol. The van der Waals surface area contributed by atoms with Gasteiger partial charge in [-0.3, -0.25) is 0 Å². The van der Waals surface area contributed by atoms with Crippen molar-refractivity contribution in [2.45, 2.75) is 35.7 Å². The summed E-state index contributed by atoms with van der Waals surface area (Å²) < 4.78 is 0.974. The maximum Gasteiger partial charge on any atom is 0.208 e. The van der Waals surface area contributed by atoms with E-state index in [2.05, 4.69) is 53.6 Å². The van der Waals surface area contributed by atoms with Crippen LogP contribution >= 0.6 is 23.1 Å². The summed E-state index contributed by atoms with van der Waals surface area (Å²) in [5, 5.41) is 12.7. The molecule has 6 heteroatoms. The first-order valence-electron chi connectivity index (χ1n) is 6.55. The summed E-state index contributed by atoms with van der Waals surface area (Å²) in [6.07, 6.45) is 0. The maximum atomic E-state index is 4.19. The van der Waals surface area contributed by atoms with Gasteiger partial charge >= 0.3 is 0 Å². The molecule has 1 aromatic carbocycles. The molecule has 0 spiro atoms. The summed E-state index contributed by atoms with van der Waals surface area (Å²) in [5.74, 6) is 0. The Hall–Kier alpha value is -1.11. The molecule has 0 radical (unpaired) electrons. The molecule has 0 aliphatic rings. The van der Waals surface area contributed by atoms with E-state index in [0.29, 0.717) is 6.04 Å². The minimum atomic E-state index is 0.509. The molecule has 0 saturated carbocycles. The number of rotatable bonds is 6. The van der Waals surface area contributed by atoms with Gasteiger partial charge < -0.3 is 10.2 Å². The Bertz CT molecular complexity index is 534. The van der Waals surface area contributed by atoms with E-state index < -0.39 is 0 Å². The van der Waals surface area contributed by atoms with E-state index in [9.17, 15) is 0 Å². The molecule has 1 heterocycles. The van der Waals surface area contributed by atoms with Crippen LogP contribution in [-0.2, 0) is 6.54 Å². The summed E-state index contributed by atoms with van der Waals surface area (Å²) in [7, 11) is 3.96. The summed E-state index contributed by atoms with van der Waals surface area (Å²) in [4.78, 5) is 3.17. The standard InChI is InChI=1S/C14H20N4S2/c1-10(2)15-9-11-5-7-12(8-6-11)19-14-17-16-13(20-14)18(3)4/h5-8,10,15H,9H2,1-4H3. The Kier molecular flexibility index (Phi) is 5.39. The molecule has 1 aromatic heterocycles. The molecular formula is C14H20N4S2. The van der Waals surface area contributed by atoms with Crippen LogP contribution in [0.5, 0.6) is 0 Å². The molecule has 2 rings (SSSR count). The van der Waals surface area contributed by atoms with Crippen molar-refractivity contribution >= 4 is 28.2 Å². The van der Waals surface area contributed by atoms with Gasteiger partial charge in [0.2, 0.25) is 5.13 Å². The molecule has 1 N–H and O–H groups in total. The number of anilines is 1. The first kappa shape index (κ1) is 15.3. The van der Waals surface area contributed by atoms with Gasteiger partial charge in [-0.15, -0.1) is 10.2 Å². The molecule has 108 valence electrons. The van der Waals surface area contributed by atoms with Crippen LogP contribution in [0.1, 0.15) is 19.4 Å². The fraction of sp³-hybridized carbons (Fsp3) is 0.429. The first-order chi connectivity index (χ1) is 9.54. The minimum absolute atomic E-state index is 0.509. The highest BCUT2D eigenvalue weighted by Gasteiger charge is 2.07. The number of aromatic nitrogens is 2. The van der Waals surface area contributed by atoms with E-state index >= 15 is 0 Å². The van der Waals surface area contributed by atoms with Crippen molar-refractivity contribution in [3.8, 4) is 0 Å². The molecule has 0 fully saturated rings. The summed E-state index contributed by atoms with van der Waals surface area (Å²) >= 11 is 3.27. The summed E-state index contributed by atoms with van der Waals surface area (Å²) in [6, 6.07) is 9.10.